The second-order valence-corrected chi connectivity index (χ2v) is 8.70. The van der Waals surface area contributed by atoms with E-state index in [1.807, 2.05) is 6.92 Å². The molecule has 16 heavy (non-hydrogen) atoms. The predicted octanol–water partition coefficient (Wildman–Crippen LogP) is 3.46. The lowest BCUT2D eigenvalue weighted by Crippen LogP contribution is -2.34. The highest BCUT2D eigenvalue weighted by atomic mass is 35.5. The summed E-state index contributed by atoms with van der Waals surface area (Å²) in [4.78, 5) is 0. The number of sulfone groups is 1. The molecule has 0 saturated carbocycles. The van der Waals surface area contributed by atoms with Crippen LogP contribution in [-0.4, -0.2) is 30.7 Å². The molecule has 0 aliphatic rings. The summed E-state index contributed by atoms with van der Waals surface area (Å²) in [7, 11) is -3.08. The maximum absolute atomic E-state index is 12.0. The maximum atomic E-state index is 12.0. The van der Waals surface area contributed by atoms with E-state index in [4.69, 9.17) is 23.2 Å². The Balaban J connectivity index is 4.68. The fraction of sp³-hybridized carbons (Fsp3) is 1.00. The molecule has 0 atom stereocenters. The van der Waals surface area contributed by atoms with Crippen molar-refractivity contribution in [1.29, 1.82) is 0 Å². The van der Waals surface area contributed by atoms with E-state index in [1.165, 1.54) is 0 Å². The third kappa shape index (κ3) is 4.08. The van der Waals surface area contributed by atoms with E-state index < -0.39 is 14.6 Å². The Morgan fingerprint density at radius 3 is 1.75 bits per heavy atom. The minimum atomic E-state index is -3.08. The minimum absolute atomic E-state index is 0.157. The molecule has 0 bridgehead atoms. The van der Waals surface area contributed by atoms with E-state index in [9.17, 15) is 8.42 Å². The van der Waals surface area contributed by atoms with Crippen LogP contribution >= 0.6 is 23.2 Å². The van der Waals surface area contributed by atoms with Gasteiger partial charge < -0.3 is 0 Å². The van der Waals surface area contributed by atoms with E-state index in [-0.39, 0.29) is 11.2 Å². The van der Waals surface area contributed by atoms with Crippen LogP contribution in [0.2, 0.25) is 0 Å². The van der Waals surface area contributed by atoms with Crippen molar-refractivity contribution in [3.05, 3.63) is 0 Å². The topological polar surface area (TPSA) is 34.1 Å². The van der Waals surface area contributed by atoms with Gasteiger partial charge in [-0.15, -0.1) is 23.2 Å². The zero-order valence-electron chi connectivity index (χ0n) is 10.5. The van der Waals surface area contributed by atoms with Crippen molar-refractivity contribution < 1.29 is 8.42 Å². The highest BCUT2D eigenvalue weighted by Gasteiger charge is 2.33. The minimum Gasteiger partial charge on any atom is -0.228 e. The normalized spacial score (nSPS) is 14.1. The van der Waals surface area contributed by atoms with Crippen molar-refractivity contribution in [2.75, 3.05) is 17.5 Å². The van der Waals surface area contributed by atoms with Gasteiger partial charge in [0.15, 0.2) is 9.84 Å². The van der Waals surface area contributed by atoms with E-state index >= 15 is 0 Å². The van der Waals surface area contributed by atoms with Gasteiger partial charge in [-0.3, -0.25) is 0 Å². The summed E-state index contributed by atoms with van der Waals surface area (Å²) < 4.78 is 23.2. The smallest absolute Gasteiger partial charge is 0.155 e. The van der Waals surface area contributed by atoms with Gasteiger partial charge in [0.05, 0.1) is 10.5 Å². The molecule has 2 nitrogen and oxygen atoms in total. The Bertz CT molecular complexity index is 292. The highest BCUT2D eigenvalue weighted by Crippen LogP contribution is 2.31. The average molecular weight is 289 g/mol. The second-order valence-electron chi connectivity index (χ2n) is 5.30. The van der Waals surface area contributed by atoms with Crippen LogP contribution in [0.5, 0.6) is 0 Å². The van der Waals surface area contributed by atoms with Crippen LogP contribution < -0.4 is 0 Å². The average Bonchev–Trinajstić information content (AvgIpc) is 2.19. The van der Waals surface area contributed by atoms with Gasteiger partial charge >= 0.3 is 0 Å². The Kier molecular flexibility index (Phi) is 6.12. The SMILES string of the molecule is CCC(CCl)(CCl)CCS(=O)(=O)C(C)(C)C. The highest BCUT2D eigenvalue weighted by molar-refractivity contribution is 7.92. The largest absolute Gasteiger partial charge is 0.228 e. The first kappa shape index (κ1) is 16.5. The van der Waals surface area contributed by atoms with E-state index in [0.29, 0.717) is 18.2 Å². The van der Waals surface area contributed by atoms with Gasteiger partial charge in [-0.2, -0.15) is 0 Å². The lowest BCUT2D eigenvalue weighted by atomic mass is 9.87. The molecule has 0 heterocycles. The van der Waals surface area contributed by atoms with Crippen molar-refractivity contribution in [3.8, 4) is 0 Å². The summed E-state index contributed by atoms with van der Waals surface area (Å²) >= 11 is 11.8. The van der Waals surface area contributed by atoms with E-state index in [0.717, 1.165) is 6.42 Å². The fourth-order valence-corrected chi connectivity index (χ4v) is 3.44. The van der Waals surface area contributed by atoms with Crippen molar-refractivity contribution in [1.82, 2.24) is 0 Å². The molecular weight excluding hydrogens is 267 g/mol. The number of alkyl halides is 2. The first-order valence-corrected chi connectivity index (χ1v) is 8.20. The van der Waals surface area contributed by atoms with Gasteiger partial charge in [0, 0.05) is 11.8 Å². The summed E-state index contributed by atoms with van der Waals surface area (Å²) in [5.41, 5.74) is -0.249. The molecule has 0 amide bonds. The molecule has 0 aromatic rings. The van der Waals surface area contributed by atoms with Gasteiger partial charge in [-0.05, 0) is 39.0 Å². The monoisotopic (exact) mass is 288 g/mol. The molecule has 0 radical (unpaired) electrons. The molecule has 0 saturated heterocycles. The molecule has 5 heteroatoms. The van der Waals surface area contributed by atoms with Gasteiger partial charge in [-0.1, -0.05) is 6.92 Å². The molecule has 0 aromatic heterocycles. The predicted molar refractivity (Wildman–Crippen MR) is 72.3 cm³/mol. The van der Waals surface area contributed by atoms with Gasteiger partial charge in [-0.25, -0.2) is 8.42 Å². The molecule has 0 unspecified atom stereocenters. The summed E-state index contributed by atoms with van der Waals surface area (Å²) in [6.07, 6.45) is 1.34. The zero-order chi connectivity index (χ0) is 13.0. The first-order valence-electron chi connectivity index (χ1n) is 5.48. The number of rotatable bonds is 6. The van der Waals surface area contributed by atoms with Crippen LogP contribution in [0.1, 0.15) is 40.5 Å². The summed E-state index contributed by atoms with van der Waals surface area (Å²) in [6, 6.07) is 0. The van der Waals surface area contributed by atoms with Crippen LogP contribution in [0.15, 0.2) is 0 Å². The first-order chi connectivity index (χ1) is 7.14. The van der Waals surface area contributed by atoms with Crippen LogP contribution in [0, 0.1) is 5.41 Å². The number of hydrogen-bond acceptors (Lipinski definition) is 2. The number of hydrogen-bond donors (Lipinski definition) is 0. The molecule has 0 N–H and O–H groups in total. The molecule has 0 aliphatic heterocycles. The van der Waals surface area contributed by atoms with Crippen LogP contribution in [0.3, 0.4) is 0 Å². The lowest BCUT2D eigenvalue weighted by molar-refractivity contribution is 0.350. The summed E-state index contributed by atoms with van der Waals surface area (Å²) in [5, 5.41) is 0. The molecule has 0 spiro atoms. The second kappa shape index (κ2) is 5.92. The van der Waals surface area contributed by atoms with Crippen LogP contribution in [0.25, 0.3) is 0 Å². The maximum Gasteiger partial charge on any atom is 0.155 e. The van der Waals surface area contributed by atoms with Crippen LogP contribution in [0.4, 0.5) is 0 Å². The summed E-state index contributed by atoms with van der Waals surface area (Å²) in [6.45, 7) is 7.15. The molecule has 98 valence electrons. The molecule has 0 fully saturated rings. The molecule has 0 aromatic carbocycles. The van der Waals surface area contributed by atoms with Gasteiger partial charge in [0.1, 0.15) is 0 Å². The lowest BCUT2D eigenvalue weighted by Gasteiger charge is -2.29. The molecular formula is C11H22Cl2O2S. The van der Waals surface area contributed by atoms with Crippen molar-refractivity contribution in [3.63, 3.8) is 0 Å². The molecule has 0 rings (SSSR count). The third-order valence-electron chi connectivity index (χ3n) is 3.15. The van der Waals surface area contributed by atoms with Crippen molar-refractivity contribution >= 4 is 33.0 Å². The quantitative estimate of drug-likeness (QED) is 0.702. The standard InChI is InChI=1S/C11H22Cl2O2S/c1-5-11(8-12,9-13)6-7-16(14,15)10(2,3)4/h5-9H2,1-4H3. The van der Waals surface area contributed by atoms with Gasteiger partial charge in [0.2, 0.25) is 0 Å². The number of halogens is 2. The molecule has 0 aliphatic carbocycles. The fourth-order valence-electron chi connectivity index (χ4n) is 1.19. The van der Waals surface area contributed by atoms with Crippen molar-refractivity contribution in [2.24, 2.45) is 5.41 Å². The summed E-state index contributed by atoms with van der Waals surface area (Å²) in [5.74, 6) is 0.975. The Hall–Kier alpha value is 0.530. The Labute approximate surface area is 110 Å². The third-order valence-corrected chi connectivity index (χ3v) is 6.89. The Morgan fingerprint density at radius 2 is 1.50 bits per heavy atom. The zero-order valence-corrected chi connectivity index (χ0v) is 12.8. The van der Waals surface area contributed by atoms with Gasteiger partial charge in [0.25, 0.3) is 0 Å². The van der Waals surface area contributed by atoms with E-state index in [1.54, 1.807) is 20.8 Å². The van der Waals surface area contributed by atoms with E-state index in [2.05, 4.69) is 0 Å². The van der Waals surface area contributed by atoms with Crippen LogP contribution in [-0.2, 0) is 9.84 Å². The Morgan fingerprint density at radius 1 is 1.06 bits per heavy atom. The van der Waals surface area contributed by atoms with Crippen molar-refractivity contribution in [2.45, 2.75) is 45.3 Å².